The van der Waals surface area contributed by atoms with E-state index in [9.17, 15) is 19.7 Å². The number of halogens is 1. The molecule has 0 N–H and O–H groups in total. The lowest BCUT2D eigenvalue weighted by molar-refractivity contribution is -0.385. The molecule has 5 rings (SSSR count). The van der Waals surface area contributed by atoms with Gasteiger partial charge in [0.05, 0.1) is 35.3 Å². The van der Waals surface area contributed by atoms with E-state index in [4.69, 9.17) is 4.74 Å². The fourth-order valence-electron chi connectivity index (χ4n) is 4.80. The highest BCUT2D eigenvalue weighted by Gasteiger charge is 2.36. The van der Waals surface area contributed by atoms with E-state index in [2.05, 4.69) is 43.6 Å². The van der Waals surface area contributed by atoms with Crippen LogP contribution in [0.25, 0.3) is 11.8 Å². The van der Waals surface area contributed by atoms with Crippen LogP contribution >= 0.6 is 27.7 Å². The van der Waals surface area contributed by atoms with Crippen LogP contribution in [0.4, 0.5) is 16.2 Å². The van der Waals surface area contributed by atoms with E-state index >= 15 is 0 Å². The number of hydrogen-bond acceptors (Lipinski definition) is 7. The van der Waals surface area contributed by atoms with Crippen LogP contribution in [0.1, 0.15) is 22.5 Å². The number of imide groups is 1. The lowest BCUT2D eigenvalue weighted by Crippen LogP contribution is -2.36. The number of anilines is 1. The van der Waals surface area contributed by atoms with Crippen LogP contribution in [0.3, 0.4) is 0 Å². The van der Waals surface area contributed by atoms with Crippen molar-refractivity contribution in [2.75, 3.05) is 31.2 Å². The number of carbonyl (C=O) groups is 2. The van der Waals surface area contributed by atoms with E-state index in [1.165, 1.54) is 6.07 Å². The first-order valence-corrected chi connectivity index (χ1v) is 13.6. The average molecular weight is 597 g/mol. The Bertz CT molecular complexity index is 1480. The number of nitro benzene ring substituents is 1. The molecule has 3 heterocycles. The molecule has 0 aliphatic carbocycles. The third-order valence-corrected chi connectivity index (χ3v) is 8.23. The summed E-state index contributed by atoms with van der Waals surface area (Å²) in [6.45, 7) is 6.92. The van der Waals surface area contributed by atoms with E-state index in [0.717, 1.165) is 62.6 Å². The molecule has 196 valence electrons. The minimum absolute atomic E-state index is 0.120. The zero-order valence-corrected chi connectivity index (χ0v) is 23.3. The maximum absolute atomic E-state index is 13.1. The fourth-order valence-corrected chi connectivity index (χ4v) is 6.24. The lowest BCUT2D eigenvalue weighted by atomic mass is 10.1. The number of nitrogens with zero attached hydrogens (tertiary/aromatic N) is 4. The highest BCUT2D eigenvalue weighted by atomic mass is 79.9. The van der Waals surface area contributed by atoms with Gasteiger partial charge in [-0.2, -0.15) is 0 Å². The van der Waals surface area contributed by atoms with Gasteiger partial charge < -0.3 is 14.2 Å². The number of carbonyl (C=O) groups excluding carboxylic acids is 2. The summed E-state index contributed by atoms with van der Waals surface area (Å²) in [6, 6.07) is 14.4. The number of aromatic nitrogens is 1. The normalized spacial score (nSPS) is 17.1. The summed E-state index contributed by atoms with van der Waals surface area (Å²) in [4.78, 5) is 40.3. The second-order valence-corrected chi connectivity index (χ2v) is 10.9. The van der Waals surface area contributed by atoms with Crippen molar-refractivity contribution in [1.29, 1.82) is 0 Å². The van der Waals surface area contributed by atoms with Crippen molar-refractivity contribution < 1.29 is 19.2 Å². The van der Waals surface area contributed by atoms with Crippen LogP contribution in [0.15, 0.2) is 57.9 Å². The van der Waals surface area contributed by atoms with Crippen LogP contribution in [0.2, 0.25) is 0 Å². The topological polar surface area (TPSA) is 97.9 Å². The summed E-state index contributed by atoms with van der Waals surface area (Å²) in [7, 11) is 0. The number of rotatable bonds is 6. The summed E-state index contributed by atoms with van der Waals surface area (Å²) in [5, 5.41) is 10.9. The van der Waals surface area contributed by atoms with Crippen molar-refractivity contribution in [3.8, 4) is 5.69 Å². The Balaban J connectivity index is 1.40. The molecule has 0 atom stereocenters. The largest absolute Gasteiger partial charge is 0.378 e. The quantitative estimate of drug-likeness (QED) is 0.200. The predicted molar refractivity (Wildman–Crippen MR) is 151 cm³/mol. The first-order chi connectivity index (χ1) is 18.2. The Morgan fingerprint density at radius 2 is 1.84 bits per heavy atom. The van der Waals surface area contributed by atoms with Crippen LogP contribution in [-0.4, -0.2) is 51.8 Å². The number of morpholine rings is 1. The minimum atomic E-state index is -0.509. The first kappa shape index (κ1) is 26.2. The summed E-state index contributed by atoms with van der Waals surface area (Å²) in [5.74, 6) is -0.458. The highest BCUT2D eigenvalue weighted by Crippen LogP contribution is 2.36. The number of benzene rings is 2. The second kappa shape index (κ2) is 10.8. The Morgan fingerprint density at radius 3 is 2.55 bits per heavy atom. The molecule has 0 unspecified atom stereocenters. The average Bonchev–Trinajstić information content (AvgIpc) is 3.33. The summed E-state index contributed by atoms with van der Waals surface area (Å²) < 4.78 is 8.56. The van der Waals surface area contributed by atoms with Crippen LogP contribution in [0, 0.1) is 24.0 Å². The molecule has 1 aromatic heterocycles. The number of para-hydroxylation sites is 1. The van der Waals surface area contributed by atoms with Gasteiger partial charge in [-0.1, -0.05) is 18.2 Å². The van der Waals surface area contributed by atoms with E-state index < -0.39 is 16.1 Å². The fraction of sp³-hybridized carbons (Fsp3) is 0.259. The van der Waals surface area contributed by atoms with Gasteiger partial charge in [0.15, 0.2) is 0 Å². The third kappa shape index (κ3) is 5.01. The van der Waals surface area contributed by atoms with Crippen molar-refractivity contribution in [2.45, 2.75) is 20.4 Å². The molecule has 2 saturated heterocycles. The molecule has 2 amide bonds. The van der Waals surface area contributed by atoms with Gasteiger partial charge in [0.1, 0.15) is 0 Å². The maximum Gasteiger partial charge on any atom is 0.293 e. The van der Waals surface area contributed by atoms with Crippen LogP contribution in [-0.2, 0) is 16.1 Å². The molecular weight excluding hydrogens is 572 g/mol. The Hall–Kier alpha value is -3.41. The standard InChI is InChI=1S/C27H25BrN4O5S/c1-17-13-20(18(2)31(17)21-7-8-24(22(28)15-21)29-9-11-37-12-10-29)14-25-26(33)30(27(34)38-25)16-19-5-3-4-6-23(19)32(35)36/h3-8,13-15H,9-12,16H2,1-2H3/b25-14-. The van der Waals surface area contributed by atoms with Crippen molar-refractivity contribution in [2.24, 2.45) is 0 Å². The Labute approximate surface area is 232 Å². The summed E-state index contributed by atoms with van der Waals surface area (Å²) in [6.07, 6.45) is 1.72. The molecule has 9 nitrogen and oxygen atoms in total. The molecule has 0 spiro atoms. The Kier molecular flexibility index (Phi) is 7.42. The van der Waals surface area contributed by atoms with Gasteiger partial charge in [-0.05, 0) is 77.4 Å². The predicted octanol–water partition coefficient (Wildman–Crippen LogP) is 5.84. The smallest absolute Gasteiger partial charge is 0.293 e. The molecule has 11 heteroatoms. The molecule has 2 fully saturated rings. The van der Waals surface area contributed by atoms with Crippen LogP contribution in [0.5, 0.6) is 0 Å². The summed E-state index contributed by atoms with van der Waals surface area (Å²) >= 11 is 4.57. The minimum Gasteiger partial charge on any atom is -0.378 e. The van der Waals surface area contributed by atoms with Crippen molar-refractivity contribution in [3.63, 3.8) is 0 Å². The molecule has 3 aromatic rings. The van der Waals surface area contributed by atoms with Crippen molar-refractivity contribution in [1.82, 2.24) is 9.47 Å². The number of amides is 2. The maximum atomic E-state index is 13.1. The van der Waals surface area contributed by atoms with E-state index in [0.29, 0.717) is 18.8 Å². The van der Waals surface area contributed by atoms with Gasteiger partial charge >= 0.3 is 0 Å². The van der Waals surface area contributed by atoms with Gasteiger partial charge in [0.25, 0.3) is 16.8 Å². The molecule has 2 aromatic carbocycles. The van der Waals surface area contributed by atoms with Gasteiger partial charge in [-0.3, -0.25) is 24.6 Å². The summed E-state index contributed by atoms with van der Waals surface area (Å²) in [5.41, 5.74) is 5.03. The van der Waals surface area contributed by atoms with E-state index in [1.54, 1.807) is 24.3 Å². The highest BCUT2D eigenvalue weighted by molar-refractivity contribution is 9.10. The molecule has 38 heavy (non-hydrogen) atoms. The van der Waals surface area contributed by atoms with Gasteiger partial charge in [0.2, 0.25) is 0 Å². The molecular formula is C27H25BrN4O5S. The number of ether oxygens (including phenoxy) is 1. The number of aryl methyl sites for hydroxylation is 1. The third-order valence-electron chi connectivity index (χ3n) is 6.69. The first-order valence-electron chi connectivity index (χ1n) is 12.0. The Morgan fingerprint density at radius 1 is 1.11 bits per heavy atom. The van der Waals surface area contributed by atoms with E-state index in [-0.39, 0.29) is 17.1 Å². The lowest BCUT2D eigenvalue weighted by Gasteiger charge is -2.30. The monoisotopic (exact) mass is 596 g/mol. The molecule has 2 aliphatic heterocycles. The van der Waals surface area contributed by atoms with Crippen molar-refractivity contribution in [3.05, 3.63) is 90.5 Å². The molecule has 0 radical (unpaired) electrons. The molecule has 0 bridgehead atoms. The van der Waals surface area contributed by atoms with Gasteiger partial charge in [-0.25, -0.2) is 0 Å². The zero-order chi connectivity index (χ0) is 27.0. The molecule has 0 saturated carbocycles. The van der Waals surface area contributed by atoms with Gasteiger partial charge in [0, 0.05) is 46.3 Å². The SMILES string of the molecule is Cc1cc(/C=C2\SC(=O)N(Cc3ccccc3[N+](=O)[O-])C2=O)c(C)n1-c1ccc(N2CCOCC2)c(Br)c1. The van der Waals surface area contributed by atoms with E-state index in [1.807, 2.05) is 19.9 Å². The number of thioether (sulfide) groups is 1. The second-order valence-electron chi connectivity index (χ2n) is 9.05. The molecule has 2 aliphatic rings. The number of hydrogen-bond donors (Lipinski definition) is 0. The van der Waals surface area contributed by atoms with Gasteiger partial charge in [-0.15, -0.1) is 0 Å². The van der Waals surface area contributed by atoms with Crippen molar-refractivity contribution >= 4 is 56.3 Å². The zero-order valence-electron chi connectivity index (χ0n) is 20.8. The number of nitro groups is 1. The van der Waals surface area contributed by atoms with Crippen LogP contribution < -0.4 is 4.90 Å².